The van der Waals surface area contributed by atoms with Crippen LogP contribution in [-0.4, -0.2) is 31.6 Å². The zero-order valence-electron chi connectivity index (χ0n) is 12.1. The zero-order valence-corrected chi connectivity index (χ0v) is 12.9. The van der Waals surface area contributed by atoms with E-state index in [0.29, 0.717) is 6.42 Å². The first kappa shape index (κ1) is 15.5. The molecule has 1 aromatic rings. The molecule has 0 saturated carbocycles. The van der Waals surface area contributed by atoms with E-state index in [-0.39, 0.29) is 18.1 Å². The van der Waals surface area contributed by atoms with Crippen molar-refractivity contribution < 1.29 is 13.5 Å². The van der Waals surface area contributed by atoms with Gasteiger partial charge in [0.1, 0.15) is 0 Å². The van der Waals surface area contributed by atoms with Crippen LogP contribution in [0.25, 0.3) is 0 Å². The molecule has 0 spiro atoms. The van der Waals surface area contributed by atoms with Crippen LogP contribution in [0.1, 0.15) is 31.4 Å². The summed E-state index contributed by atoms with van der Waals surface area (Å²) in [5.41, 5.74) is 5.73. The van der Waals surface area contributed by atoms with Gasteiger partial charge >= 0.3 is 0 Å². The van der Waals surface area contributed by atoms with Gasteiger partial charge in [0.25, 0.3) is 0 Å². The molecule has 1 aliphatic heterocycles. The van der Waals surface area contributed by atoms with Crippen molar-refractivity contribution in [1.82, 2.24) is 0 Å². The van der Waals surface area contributed by atoms with Crippen molar-refractivity contribution in [1.29, 1.82) is 0 Å². The summed E-state index contributed by atoms with van der Waals surface area (Å²) in [4.78, 5) is 0. The highest BCUT2D eigenvalue weighted by Gasteiger charge is 2.53. The number of hydrogen-bond donors (Lipinski definition) is 2. The van der Waals surface area contributed by atoms with E-state index in [1.165, 1.54) is 5.56 Å². The number of benzene rings is 1. The Labute approximate surface area is 120 Å². The van der Waals surface area contributed by atoms with Gasteiger partial charge in [-0.25, -0.2) is 8.42 Å². The van der Waals surface area contributed by atoms with E-state index >= 15 is 0 Å². The molecular weight excluding hydrogens is 274 g/mol. The third kappa shape index (κ3) is 2.50. The highest BCUT2D eigenvalue weighted by atomic mass is 32.2. The summed E-state index contributed by atoms with van der Waals surface area (Å²) in [6.45, 7) is 3.91. The molecule has 5 heteroatoms. The molecule has 2 rings (SSSR count). The fourth-order valence-corrected chi connectivity index (χ4v) is 5.26. The SMILES string of the molecule is CCc1ccc(C(C)(O)C2(CN)CCS(=O)(=O)C2)cc1. The molecule has 0 amide bonds. The molecular formula is C15H23NO3S. The summed E-state index contributed by atoms with van der Waals surface area (Å²) in [5.74, 6) is 0.0619. The molecule has 1 heterocycles. The lowest BCUT2D eigenvalue weighted by Crippen LogP contribution is -2.49. The quantitative estimate of drug-likeness (QED) is 0.875. The number of hydrogen-bond acceptors (Lipinski definition) is 4. The molecule has 2 atom stereocenters. The van der Waals surface area contributed by atoms with Gasteiger partial charge in [-0.15, -0.1) is 0 Å². The van der Waals surface area contributed by atoms with Crippen LogP contribution in [0.5, 0.6) is 0 Å². The largest absolute Gasteiger partial charge is 0.385 e. The summed E-state index contributed by atoms with van der Waals surface area (Å²) in [6, 6.07) is 7.69. The van der Waals surface area contributed by atoms with Crippen LogP contribution >= 0.6 is 0 Å². The monoisotopic (exact) mass is 297 g/mol. The van der Waals surface area contributed by atoms with Gasteiger partial charge in [0, 0.05) is 12.0 Å². The normalized spacial score (nSPS) is 28.2. The summed E-state index contributed by atoms with van der Waals surface area (Å²) in [7, 11) is -3.11. The maximum absolute atomic E-state index is 11.8. The van der Waals surface area contributed by atoms with Crippen molar-refractivity contribution in [2.24, 2.45) is 11.1 Å². The lowest BCUT2D eigenvalue weighted by molar-refractivity contribution is -0.0583. The average Bonchev–Trinajstić information content (AvgIpc) is 2.76. The van der Waals surface area contributed by atoms with Crippen LogP contribution in [-0.2, 0) is 21.9 Å². The number of nitrogens with two attached hydrogens (primary N) is 1. The van der Waals surface area contributed by atoms with E-state index in [4.69, 9.17) is 5.73 Å². The van der Waals surface area contributed by atoms with Crippen molar-refractivity contribution in [2.45, 2.75) is 32.3 Å². The van der Waals surface area contributed by atoms with Crippen LogP contribution < -0.4 is 5.73 Å². The summed E-state index contributed by atoms with van der Waals surface area (Å²) >= 11 is 0. The van der Waals surface area contributed by atoms with Gasteiger partial charge < -0.3 is 10.8 Å². The van der Waals surface area contributed by atoms with Crippen molar-refractivity contribution >= 4 is 9.84 Å². The second-order valence-corrected chi connectivity index (χ2v) is 8.13. The lowest BCUT2D eigenvalue weighted by Gasteiger charge is -2.41. The smallest absolute Gasteiger partial charge is 0.151 e. The van der Waals surface area contributed by atoms with Gasteiger partial charge in [0.2, 0.25) is 0 Å². The van der Waals surface area contributed by atoms with E-state index in [2.05, 4.69) is 6.92 Å². The van der Waals surface area contributed by atoms with E-state index < -0.39 is 20.9 Å². The molecule has 4 nitrogen and oxygen atoms in total. The van der Waals surface area contributed by atoms with Crippen LogP contribution in [0.15, 0.2) is 24.3 Å². The molecule has 112 valence electrons. The maximum Gasteiger partial charge on any atom is 0.151 e. The Hall–Kier alpha value is -0.910. The zero-order chi connectivity index (χ0) is 15.0. The Kier molecular flexibility index (Phi) is 3.97. The molecule has 1 fully saturated rings. The minimum Gasteiger partial charge on any atom is -0.385 e. The highest BCUT2D eigenvalue weighted by molar-refractivity contribution is 7.91. The van der Waals surface area contributed by atoms with Crippen LogP contribution in [0.4, 0.5) is 0 Å². The molecule has 1 aliphatic rings. The van der Waals surface area contributed by atoms with Gasteiger partial charge in [-0.1, -0.05) is 31.2 Å². The van der Waals surface area contributed by atoms with Crippen LogP contribution in [0.3, 0.4) is 0 Å². The first-order valence-electron chi connectivity index (χ1n) is 6.99. The van der Waals surface area contributed by atoms with Gasteiger partial charge in [0.05, 0.1) is 17.1 Å². The van der Waals surface area contributed by atoms with Crippen molar-refractivity contribution in [3.63, 3.8) is 0 Å². The number of aliphatic hydroxyl groups is 1. The Balaban J connectivity index is 2.41. The van der Waals surface area contributed by atoms with Gasteiger partial charge in [-0.3, -0.25) is 0 Å². The summed E-state index contributed by atoms with van der Waals surface area (Å²) in [5, 5.41) is 11.0. The van der Waals surface area contributed by atoms with Crippen molar-refractivity contribution in [2.75, 3.05) is 18.1 Å². The minimum absolute atomic E-state index is 0.0426. The Morgan fingerprint density at radius 1 is 1.35 bits per heavy atom. The molecule has 0 bridgehead atoms. The van der Waals surface area contributed by atoms with E-state index in [1.54, 1.807) is 6.92 Å². The van der Waals surface area contributed by atoms with Gasteiger partial charge in [-0.2, -0.15) is 0 Å². The molecule has 0 radical (unpaired) electrons. The number of sulfone groups is 1. The third-order valence-electron chi connectivity index (χ3n) is 4.74. The Bertz CT molecular complexity index is 578. The predicted molar refractivity (Wildman–Crippen MR) is 80.1 cm³/mol. The summed E-state index contributed by atoms with van der Waals surface area (Å²) < 4.78 is 23.6. The van der Waals surface area contributed by atoms with Gasteiger partial charge in [-0.05, 0) is 30.9 Å². The second-order valence-electron chi connectivity index (χ2n) is 5.95. The Morgan fingerprint density at radius 2 is 1.95 bits per heavy atom. The second kappa shape index (κ2) is 5.13. The fourth-order valence-electron chi connectivity index (χ4n) is 3.03. The topological polar surface area (TPSA) is 80.4 Å². The molecule has 2 unspecified atom stereocenters. The fraction of sp³-hybridized carbons (Fsp3) is 0.600. The van der Waals surface area contributed by atoms with Crippen molar-refractivity contribution in [3.05, 3.63) is 35.4 Å². The van der Waals surface area contributed by atoms with Crippen molar-refractivity contribution in [3.8, 4) is 0 Å². The third-order valence-corrected chi connectivity index (χ3v) is 6.55. The maximum atomic E-state index is 11.8. The molecule has 1 saturated heterocycles. The first-order valence-corrected chi connectivity index (χ1v) is 8.81. The molecule has 1 aromatic carbocycles. The van der Waals surface area contributed by atoms with Gasteiger partial charge in [0.15, 0.2) is 9.84 Å². The Morgan fingerprint density at radius 3 is 2.35 bits per heavy atom. The standard InChI is InChI=1S/C15H23NO3S/c1-3-12-4-6-13(7-5-12)14(2,17)15(10-16)8-9-20(18,19)11-15/h4-7,17H,3,8-11,16H2,1-2H3. The minimum atomic E-state index is -3.11. The van der Waals surface area contributed by atoms with E-state index in [1.807, 2.05) is 24.3 Å². The molecule has 3 N–H and O–H groups in total. The van der Waals surface area contributed by atoms with E-state index in [0.717, 1.165) is 12.0 Å². The van der Waals surface area contributed by atoms with Crippen LogP contribution in [0, 0.1) is 5.41 Å². The predicted octanol–water partition coefficient (Wildman–Crippen LogP) is 1.22. The molecule has 0 aliphatic carbocycles. The number of aryl methyl sites for hydroxylation is 1. The summed E-state index contributed by atoms with van der Waals surface area (Å²) in [6.07, 6.45) is 1.34. The highest BCUT2D eigenvalue weighted by Crippen LogP contribution is 2.46. The average molecular weight is 297 g/mol. The first-order chi connectivity index (χ1) is 9.26. The van der Waals surface area contributed by atoms with E-state index in [9.17, 15) is 13.5 Å². The molecule has 0 aromatic heterocycles. The number of rotatable bonds is 4. The molecule has 20 heavy (non-hydrogen) atoms. The lowest BCUT2D eigenvalue weighted by atomic mass is 9.69. The van der Waals surface area contributed by atoms with Crippen LogP contribution in [0.2, 0.25) is 0 Å².